The molecule has 5 nitrogen and oxygen atoms in total. The first-order valence-corrected chi connectivity index (χ1v) is 8.26. The number of hydrogen-bond acceptors (Lipinski definition) is 3. The summed E-state index contributed by atoms with van der Waals surface area (Å²) in [5.74, 6) is -0.462. The maximum Gasteiger partial charge on any atom is 0.256 e. The van der Waals surface area contributed by atoms with Gasteiger partial charge in [-0.15, -0.1) is 0 Å². The topological polar surface area (TPSA) is 60.9 Å². The fraction of sp³-hybridized carbons (Fsp3) is 0.529. The predicted octanol–water partition coefficient (Wildman–Crippen LogP) is 2.06. The molecule has 126 valence electrons. The van der Waals surface area contributed by atoms with E-state index >= 15 is 0 Å². The quantitative estimate of drug-likeness (QED) is 0.914. The third-order valence-corrected chi connectivity index (χ3v) is 4.67. The Morgan fingerprint density at radius 3 is 2.70 bits per heavy atom. The van der Waals surface area contributed by atoms with E-state index in [9.17, 15) is 14.7 Å². The summed E-state index contributed by atoms with van der Waals surface area (Å²) >= 11 is 6.16. The van der Waals surface area contributed by atoms with Crippen molar-refractivity contribution >= 4 is 23.4 Å². The Morgan fingerprint density at radius 2 is 2.09 bits per heavy atom. The van der Waals surface area contributed by atoms with Gasteiger partial charge >= 0.3 is 0 Å². The van der Waals surface area contributed by atoms with Crippen LogP contribution in [0.15, 0.2) is 24.3 Å². The SMILES string of the molecule is CCN(Cc1ccccc1Cl)C(=O)C1(O)CCCN(C(C)=O)C1. The summed E-state index contributed by atoms with van der Waals surface area (Å²) in [5.41, 5.74) is -0.673. The Morgan fingerprint density at radius 1 is 1.39 bits per heavy atom. The lowest BCUT2D eigenvalue weighted by atomic mass is 9.91. The minimum Gasteiger partial charge on any atom is -0.378 e. The minimum absolute atomic E-state index is 0.0557. The molecule has 1 unspecified atom stereocenters. The number of amides is 2. The fourth-order valence-electron chi connectivity index (χ4n) is 2.93. The Bertz CT molecular complexity index is 593. The van der Waals surface area contributed by atoms with Gasteiger partial charge in [-0.05, 0) is 31.4 Å². The molecule has 6 heteroatoms. The molecule has 0 saturated carbocycles. The second kappa shape index (κ2) is 7.32. The van der Waals surface area contributed by atoms with Gasteiger partial charge in [-0.25, -0.2) is 0 Å². The second-order valence-electron chi connectivity index (χ2n) is 5.99. The molecule has 1 atom stereocenters. The summed E-state index contributed by atoms with van der Waals surface area (Å²) in [7, 11) is 0. The smallest absolute Gasteiger partial charge is 0.256 e. The molecule has 23 heavy (non-hydrogen) atoms. The van der Waals surface area contributed by atoms with Crippen LogP contribution in [0.1, 0.15) is 32.3 Å². The van der Waals surface area contributed by atoms with Crippen LogP contribution in [0.25, 0.3) is 0 Å². The second-order valence-corrected chi connectivity index (χ2v) is 6.39. The molecule has 1 aromatic carbocycles. The Kier molecular flexibility index (Phi) is 5.65. The van der Waals surface area contributed by atoms with E-state index in [2.05, 4.69) is 0 Å². The third kappa shape index (κ3) is 4.03. The van der Waals surface area contributed by atoms with Crippen molar-refractivity contribution in [3.8, 4) is 0 Å². The molecule has 1 N–H and O–H groups in total. The van der Waals surface area contributed by atoms with E-state index in [1.807, 2.05) is 25.1 Å². The minimum atomic E-state index is -1.51. The molecule has 0 spiro atoms. The number of rotatable bonds is 4. The highest BCUT2D eigenvalue weighted by Crippen LogP contribution is 2.25. The number of aliphatic hydroxyl groups is 1. The number of hydrogen-bond donors (Lipinski definition) is 1. The summed E-state index contributed by atoms with van der Waals surface area (Å²) < 4.78 is 0. The van der Waals surface area contributed by atoms with Crippen molar-refractivity contribution in [2.45, 2.75) is 38.8 Å². The van der Waals surface area contributed by atoms with Gasteiger partial charge in [0.05, 0.1) is 6.54 Å². The number of nitrogens with zero attached hydrogens (tertiary/aromatic N) is 2. The van der Waals surface area contributed by atoms with Gasteiger partial charge < -0.3 is 14.9 Å². The number of likely N-dealkylation sites (N-methyl/N-ethyl adjacent to an activating group) is 1. The molecule has 0 bridgehead atoms. The van der Waals surface area contributed by atoms with Gasteiger partial charge in [-0.1, -0.05) is 29.8 Å². The van der Waals surface area contributed by atoms with Crippen molar-refractivity contribution in [1.82, 2.24) is 9.80 Å². The van der Waals surface area contributed by atoms with Crippen LogP contribution in [0.4, 0.5) is 0 Å². The van der Waals surface area contributed by atoms with Crippen molar-refractivity contribution in [3.05, 3.63) is 34.9 Å². The molecule has 2 amide bonds. The van der Waals surface area contributed by atoms with Crippen LogP contribution in [-0.2, 0) is 16.1 Å². The molecular formula is C17H23ClN2O3. The predicted molar refractivity (Wildman–Crippen MR) is 89.0 cm³/mol. The molecule has 0 aromatic heterocycles. The standard InChI is InChI=1S/C17H23ClN2O3/c1-3-19(11-14-7-4-5-8-15(14)18)16(22)17(23)9-6-10-20(12-17)13(2)21/h4-5,7-8,23H,3,6,9-12H2,1-2H3. The number of likely N-dealkylation sites (tertiary alicyclic amines) is 1. The lowest BCUT2D eigenvalue weighted by Gasteiger charge is -2.40. The van der Waals surface area contributed by atoms with Gasteiger partial charge in [0.2, 0.25) is 5.91 Å². The van der Waals surface area contributed by atoms with Crippen molar-refractivity contribution in [2.24, 2.45) is 0 Å². The molecule has 0 aliphatic carbocycles. The van der Waals surface area contributed by atoms with Gasteiger partial charge in [0.25, 0.3) is 5.91 Å². The Balaban J connectivity index is 2.15. The molecule has 1 aromatic rings. The number of carbonyl (C=O) groups excluding carboxylic acids is 2. The van der Waals surface area contributed by atoms with Crippen molar-refractivity contribution in [2.75, 3.05) is 19.6 Å². The van der Waals surface area contributed by atoms with E-state index in [0.29, 0.717) is 37.5 Å². The Labute approximate surface area is 141 Å². The maximum absolute atomic E-state index is 12.8. The summed E-state index contributed by atoms with van der Waals surface area (Å²) in [6, 6.07) is 7.35. The van der Waals surface area contributed by atoms with Crippen LogP contribution in [-0.4, -0.2) is 52.0 Å². The van der Waals surface area contributed by atoms with Crippen LogP contribution in [0.2, 0.25) is 5.02 Å². The van der Waals surface area contributed by atoms with Crippen LogP contribution in [0, 0.1) is 0 Å². The zero-order chi connectivity index (χ0) is 17.0. The van der Waals surface area contributed by atoms with E-state index in [0.717, 1.165) is 5.56 Å². The number of β-amino-alcohol motifs (C(OH)–C–C–N with tert-alkyl or cyclic N) is 1. The van der Waals surface area contributed by atoms with Crippen LogP contribution >= 0.6 is 11.6 Å². The number of carbonyl (C=O) groups is 2. The number of halogens is 1. The van der Waals surface area contributed by atoms with Crippen LogP contribution < -0.4 is 0 Å². The van der Waals surface area contributed by atoms with Gasteiger partial charge in [-0.3, -0.25) is 9.59 Å². The van der Waals surface area contributed by atoms with E-state index in [1.54, 1.807) is 11.0 Å². The molecule has 1 fully saturated rings. The van der Waals surface area contributed by atoms with Crippen molar-refractivity contribution < 1.29 is 14.7 Å². The van der Waals surface area contributed by atoms with E-state index in [4.69, 9.17) is 11.6 Å². The summed E-state index contributed by atoms with van der Waals surface area (Å²) in [6.07, 6.45) is 0.986. The normalized spacial score (nSPS) is 21.1. The monoisotopic (exact) mass is 338 g/mol. The molecule has 2 rings (SSSR count). The number of benzene rings is 1. The highest BCUT2D eigenvalue weighted by molar-refractivity contribution is 6.31. The van der Waals surface area contributed by atoms with Crippen LogP contribution in [0.5, 0.6) is 0 Å². The van der Waals surface area contributed by atoms with Crippen molar-refractivity contribution in [3.63, 3.8) is 0 Å². The molecular weight excluding hydrogens is 316 g/mol. The number of piperidine rings is 1. The summed E-state index contributed by atoms with van der Waals surface area (Å²) in [6.45, 7) is 4.77. The van der Waals surface area contributed by atoms with Gasteiger partial charge in [0.1, 0.15) is 0 Å². The largest absolute Gasteiger partial charge is 0.378 e. The zero-order valence-electron chi connectivity index (χ0n) is 13.6. The molecule has 1 heterocycles. The average Bonchev–Trinajstić information content (AvgIpc) is 2.53. The summed E-state index contributed by atoms with van der Waals surface area (Å²) in [4.78, 5) is 27.5. The van der Waals surface area contributed by atoms with Gasteiger partial charge in [-0.2, -0.15) is 0 Å². The molecule has 1 aliphatic rings. The lowest BCUT2D eigenvalue weighted by molar-refractivity contribution is -0.160. The first kappa shape index (κ1) is 17.8. The summed E-state index contributed by atoms with van der Waals surface area (Å²) in [5, 5.41) is 11.4. The van der Waals surface area contributed by atoms with Gasteiger partial charge in [0, 0.05) is 31.6 Å². The maximum atomic E-state index is 12.8. The highest BCUT2D eigenvalue weighted by atomic mass is 35.5. The highest BCUT2D eigenvalue weighted by Gasteiger charge is 2.43. The van der Waals surface area contributed by atoms with E-state index in [-0.39, 0.29) is 18.4 Å². The lowest BCUT2D eigenvalue weighted by Crippen LogP contribution is -2.58. The first-order valence-electron chi connectivity index (χ1n) is 7.88. The van der Waals surface area contributed by atoms with Crippen molar-refractivity contribution in [1.29, 1.82) is 0 Å². The van der Waals surface area contributed by atoms with Crippen LogP contribution in [0.3, 0.4) is 0 Å². The first-order chi connectivity index (χ1) is 10.9. The Hall–Kier alpha value is -1.59. The average molecular weight is 339 g/mol. The van der Waals surface area contributed by atoms with E-state index < -0.39 is 5.60 Å². The molecule has 1 aliphatic heterocycles. The third-order valence-electron chi connectivity index (χ3n) is 4.30. The van der Waals surface area contributed by atoms with E-state index in [1.165, 1.54) is 11.8 Å². The fourth-order valence-corrected chi connectivity index (χ4v) is 3.13. The molecule has 0 radical (unpaired) electrons. The van der Waals surface area contributed by atoms with Gasteiger partial charge in [0.15, 0.2) is 5.60 Å². The molecule has 1 saturated heterocycles. The zero-order valence-corrected chi connectivity index (χ0v) is 14.3.